The molecule has 0 unspecified atom stereocenters. The third kappa shape index (κ3) is 3.57. The summed E-state index contributed by atoms with van der Waals surface area (Å²) in [5.41, 5.74) is 5.76. The van der Waals surface area contributed by atoms with Gasteiger partial charge in [-0.05, 0) is 0 Å². The largest absolute Gasteiger partial charge is 0.378 e. The zero-order valence-corrected chi connectivity index (χ0v) is 11.6. The number of morpholine rings is 1. The first kappa shape index (κ1) is 13.6. The normalized spacial score (nSPS) is 15.1. The number of nitrogens with zero attached hydrogens (tertiary/aromatic N) is 6. The lowest BCUT2D eigenvalue weighted by molar-refractivity contribution is 0.122. The Morgan fingerprint density at radius 2 is 2.10 bits per heavy atom. The van der Waals surface area contributed by atoms with Crippen molar-refractivity contribution in [2.45, 2.75) is 6.54 Å². The topological polar surface area (TPSA) is 107 Å². The van der Waals surface area contributed by atoms with Crippen molar-refractivity contribution in [1.82, 2.24) is 24.5 Å². The lowest BCUT2D eigenvalue weighted by atomic mass is 10.4. The minimum atomic E-state index is 0.219. The van der Waals surface area contributed by atoms with Gasteiger partial charge in [-0.1, -0.05) is 0 Å². The van der Waals surface area contributed by atoms with Gasteiger partial charge in [-0.15, -0.1) is 0 Å². The smallest absolute Gasteiger partial charge is 0.232 e. The van der Waals surface area contributed by atoms with Crippen molar-refractivity contribution in [3.63, 3.8) is 0 Å². The molecule has 112 valence electrons. The Bertz CT molecular complexity index is 567. The summed E-state index contributed by atoms with van der Waals surface area (Å²) >= 11 is 0. The van der Waals surface area contributed by atoms with Crippen molar-refractivity contribution in [2.24, 2.45) is 0 Å². The van der Waals surface area contributed by atoms with Crippen molar-refractivity contribution in [2.75, 3.05) is 48.8 Å². The van der Waals surface area contributed by atoms with E-state index >= 15 is 0 Å². The van der Waals surface area contributed by atoms with Gasteiger partial charge >= 0.3 is 0 Å². The van der Waals surface area contributed by atoms with Crippen LogP contribution in [0.4, 0.5) is 17.8 Å². The van der Waals surface area contributed by atoms with Crippen LogP contribution in [-0.4, -0.2) is 57.4 Å². The zero-order valence-electron chi connectivity index (χ0n) is 11.6. The molecule has 21 heavy (non-hydrogen) atoms. The van der Waals surface area contributed by atoms with Gasteiger partial charge in [0.1, 0.15) is 0 Å². The van der Waals surface area contributed by atoms with Gasteiger partial charge in [0, 0.05) is 38.6 Å². The average molecular weight is 290 g/mol. The fourth-order valence-corrected chi connectivity index (χ4v) is 2.08. The first-order valence-electron chi connectivity index (χ1n) is 6.85. The summed E-state index contributed by atoms with van der Waals surface area (Å²) in [5.74, 6) is 1.30. The molecule has 0 amide bonds. The Morgan fingerprint density at radius 3 is 2.86 bits per heavy atom. The second-order valence-corrected chi connectivity index (χ2v) is 4.64. The van der Waals surface area contributed by atoms with Gasteiger partial charge in [0.2, 0.25) is 17.8 Å². The second kappa shape index (κ2) is 6.35. The minimum Gasteiger partial charge on any atom is -0.378 e. The standard InChI is InChI=1S/C12H18N8O/c13-10-16-11(15-2-4-19-3-1-14-9-19)18-12(17-10)20-5-7-21-8-6-20/h1,3,9H,2,4-8H2,(H3,13,15,16,17,18). The number of hydrogen-bond donors (Lipinski definition) is 2. The van der Waals surface area contributed by atoms with E-state index in [9.17, 15) is 0 Å². The van der Waals surface area contributed by atoms with Gasteiger partial charge in [0.15, 0.2) is 0 Å². The van der Waals surface area contributed by atoms with E-state index in [0.717, 1.165) is 19.6 Å². The molecule has 0 saturated carbocycles. The van der Waals surface area contributed by atoms with E-state index in [4.69, 9.17) is 10.5 Å². The maximum absolute atomic E-state index is 5.76. The van der Waals surface area contributed by atoms with E-state index in [1.165, 1.54) is 0 Å². The summed E-state index contributed by atoms with van der Waals surface area (Å²) in [6.07, 6.45) is 5.42. The molecule has 9 nitrogen and oxygen atoms in total. The Kier molecular flexibility index (Phi) is 4.10. The molecule has 9 heteroatoms. The molecule has 2 aromatic heterocycles. The van der Waals surface area contributed by atoms with Gasteiger partial charge in [-0.3, -0.25) is 0 Å². The summed E-state index contributed by atoms with van der Waals surface area (Å²) in [4.78, 5) is 18.7. The van der Waals surface area contributed by atoms with Crippen LogP contribution in [0.2, 0.25) is 0 Å². The number of nitrogens with one attached hydrogen (secondary N) is 1. The number of ether oxygens (including phenoxy) is 1. The highest BCUT2D eigenvalue weighted by Crippen LogP contribution is 2.13. The number of anilines is 3. The van der Waals surface area contributed by atoms with Gasteiger partial charge in [-0.25, -0.2) is 4.98 Å². The Labute approximate surface area is 122 Å². The van der Waals surface area contributed by atoms with E-state index in [1.807, 2.05) is 15.7 Å². The molecule has 1 saturated heterocycles. The van der Waals surface area contributed by atoms with Gasteiger partial charge in [-0.2, -0.15) is 15.0 Å². The molecule has 1 aliphatic rings. The molecule has 2 aromatic rings. The molecule has 0 bridgehead atoms. The van der Waals surface area contributed by atoms with E-state index in [-0.39, 0.29) is 5.95 Å². The van der Waals surface area contributed by atoms with Crippen molar-refractivity contribution in [1.29, 1.82) is 0 Å². The molecule has 0 aliphatic carbocycles. The van der Waals surface area contributed by atoms with Gasteiger partial charge in [0.25, 0.3) is 0 Å². The average Bonchev–Trinajstić information content (AvgIpc) is 3.01. The molecule has 3 rings (SSSR count). The second-order valence-electron chi connectivity index (χ2n) is 4.64. The SMILES string of the molecule is Nc1nc(NCCn2ccnc2)nc(N2CCOCC2)n1. The molecule has 3 heterocycles. The van der Waals surface area contributed by atoms with Crippen LogP contribution in [0.25, 0.3) is 0 Å². The van der Waals surface area contributed by atoms with Crippen LogP contribution in [0.5, 0.6) is 0 Å². The number of aromatic nitrogens is 5. The van der Waals surface area contributed by atoms with Crippen molar-refractivity contribution in [3.8, 4) is 0 Å². The van der Waals surface area contributed by atoms with Crippen LogP contribution < -0.4 is 16.0 Å². The predicted octanol–water partition coefficient (Wildman–Crippen LogP) is -0.401. The summed E-state index contributed by atoms with van der Waals surface area (Å²) in [5, 5.41) is 3.15. The van der Waals surface area contributed by atoms with E-state index in [2.05, 4.69) is 25.3 Å². The molecule has 0 atom stereocenters. The highest BCUT2D eigenvalue weighted by atomic mass is 16.5. The van der Waals surface area contributed by atoms with Gasteiger partial charge < -0.3 is 25.3 Å². The number of nitrogens with two attached hydrogens (primary N) is 1. The van der Waals surface area contributed by atoms with E-state index in [0.29, 0.717) is 31.7 Å². The molecular formula is C12H18N8O. The van der Waals surface area contributed by atoms with Crippen molar-refractivity contribution >= 4 is 17.8 Å². The maximum atomic E-state index is 5.76. The fraction of sp³-hybridized carbons (Fsp3) is 0.500. The quantitative estimate of drug-likeness (QED) is 0.766. The number of imidazole rings is 1. The predicted molar refractivity (Wildman–Crippen MR) is 78.0 cm³/mol. The summed E-state index contributed by atoms with van der Waals surface area (Å²) in [6, 6.07) is 0. The van der Waals surface area contributed by atoms with Crippen LogP contribution in [0.1, 0.15) is 0 Å². The lowest BCUT2D eigenvalue weighted by Gasteiger charge is -2.26. The van der Waals surface area contributed by atoms with Crippen LogP contribution >= 0.6 is 0 Å². The van der Waals surface area contributed by atoms with Crippen molar-refractivity contribution < 1.29 is 4.74 Å². The fourth-order valence-electron chi connectivity index (χ4n) is 2.08. The molecular weight excluding hydrogens is 272 g/mol. The van der Waals surface area contributed by atoms with Crippen molar-refractivity contribution in [3.05, 3.63) is 18.7 Å². The molecule has 0 radical (unpaired) electrons. The summed E-state index contributed by atoms with van der Waals surface area (Å²) in [6.45, 7) is 4.33. The van der Waals surface area contributed by atoms with E-state index in [1.54, 1.807) is 12.5 Å². The summed E-state index contributed by atoms with van der Waals surface area (Å²) < 4.78 is 7.29. The molecule has 0 aromatic carbocycles. The van der Waals surface area contributed by atoms with Gasteiger partial charge in [0.05, 0.1) is 19.5 Å². The Morgan fingerprint density at radius 1 is 1.24 bits per heavy atom. The first-order valence-corrected chi connectivity index (χ1v) is 6.85. The molecule has 0 spiro atoms. The highest BCUT2D eigenvalue weighted by Gasteiger charge is 2.15. The zero-order chi connectivity index (χ0) is 14.5. The maximum Gasteiger partial charge on any atom is 0.232 e. The molecule has 3 N–H and O–H groups in total. The monoisotopic (exact) mass is 290 g/mol. The van der Waals surface area contributed by atoms with Crippen LogP contribution in [0.15, 0.2) is 18.7 Å². The lowest BCUT2D eigenvalue weighted by Crippen LogP contribution is -2.37. The van der Waals surface area contributed by atoms with Crippen LogP contribution in [0, 0.1) is 0 Å². The molecule has 1 fully saturated rings. The number of rotatable bonds is 5. The number of hydrogen-bond acceptors (Lipinski definition) is 8. The minimum absolute atomic E-state index is 0.219. The van der Waals surface area contributed by atoms with Crippen LogP contribution in [0.3, 0.4) is 0 Å². The first-order chi connectivity index (χ1) is 10.3. The highest BCUT2D eigenvalue weighted by molar-refractivity contribution is 5.42. The third-order valence-electron chi connectivity index (χ3n) is 3.15. The Hall–Kier alpha value is -2.42. The van der Waals surface area contributed by atoms with Crippen LogP contribution in [-0.2, 0) is 11.3 Å². The van der Waals surface area contributed by atoms with E-state index < -0.39 is 0 Å². The Balaban J connectivity index is 1.63. The molecule has 1 aliphatic heterocycles. The summed E-state index contributed by atoms with van der Waals surface area (Å²) in [7, 11) is 0. The third-order valence-corrected chi connectivity index (χ3v) is 3.15. The number of nitrogen functional groups attached to an aromatic ring is 1.